The van der Waals surface area contributed by atoms with Crippen molar-refractivity contribution in [3.8, 4) is 11.5 Å². The number of phenols is 2. The Bertz CT molecular complexity index is 949. The first-order valence-electron chi connectivity index (χ1n) is 7.05. The van der Waals surface area contributed by atoms with Crippen LogP contribution in [0.3, 0.4) is 0 Å². The molecule has 0 saturated heterocycles. The third-order valence-electron chi connectivity index (χ3n) is 3.59. The second kappa shape index (κ2) is 6.25. The third-order valence-corrected chi connectivity index (χ3v) is 3.82. The number of hydrogen-bond donors (Lipinski definition) is 4. The third kappa shape index (κ3) is 3.04. The number of aromatic hydroxyl groups is 2. The summed E-state index contributed by atoms with van der Waals surface area (Å²) in [5, 5.41) is 22.2. The van der Waals surface area contributed by atoms with Gasteiger partial charge < -0.3 is 20.5 Å². The SMILES string of the molecule is O=C(NCc1ccc(O)c(O)c1)C(=O)c1c[nH]c2ccc(Cl)cc12. The van der Waals surface area contributed by atoms with E-state index in [1.54, 1.807) is 18.2 Å². The van der Waals surface area contributed by atoms with Crippen molar-refractivity contribution in [1.82, 2.24) is 10.3 Å². The second-order valence-corrected chi connectivity index (χ2v) is 5.66. The monoisotopic (exact) mass is 344 g/mol. The van der Waals surface area contributed by atoms with Crippen LogP contribution in [0.1, 0.15) is 15.9 Å². The minimum absolute atomic E-state index is 0.0432. The van der Waals surface area contributed by atoms with E-state index in [0.29, 0.717) is 21.5 Å². The first-order valence-corrected chi connectivity index (χ1v) is 7.43. The maximum atomic E-state index is 12.3. The Labute approximate surface area is 141 Å². The largest absolute Gasteiger partial charge is 0.504 e. The molecule has 1 aromatic heterocycles. The zero-order valence-electron chi connectivity index (χ0n) is 12.3. The van der Waals surface area contributed by atoms with Gasteiger partial charge in [-0.3, -0.25) is 9.59 Å². The molecular weight excluding hydrogens is 332 g/mol. The van der Waals surface area contributed by atoms with E-state index in [1.165, 1.54) is 24.4 Å². The lowest BCUT2D eigenvalue weighted by Gasteiger charge is -2.06. The van der Waals surface area contributed by atoms with Crippen molar-refractivity contribution in [3.63, 3.8) is 0 Å². The topological polar surface area (TPSA) is 102 Å². The molecule has 0 bridgehead atoms. The molecular formula is C17H13ClN2O4. The molecule has 1 heterocycles. The number of amides is 1. The fourth-order valence-corrected chi connectivity index (χ4v) is 2.52. The van der Waals surface area contributed by atoms with E-state index >= 15 is 0 Å². The lowest BCUT2D eigenvalue weighted by molar-refractivity contribution is -0.117. The number of carbonyl (C=O) groups excluding carboxylic acids is 2. The van der Waals surface area contributed by atoms with E-state index in [2.05, 4.69) is 10.3 Å². The van der Waals surface area contributed by atoms with Gasteiger partial charge in [0.15, 0.2) is 11.5 Å². The summed E-state index contributed by atoms with van der Waals surface area (Å²) in [6.07, 6.45) is 1.47. The van der Waals surface area contributed by atoms with E-state index in [4.69, 9.17) is 11.6 Å². The minimum Gasteiger partial charge on any atom is -0.504 e. The fourth-order valence-electron chi connectivity index (χ4n) is 2.34. The van der Waals surface area contributed by atoms with Crippen LogP contribution in [0.25, 0.3) is 10.9 Å². The summed E-state index contributed by atoms with van der Waals surface area (Å²) in [5.74, 6) is -2.01. The molecule has 0 fully saturated rings. The van der Waals surface area contributed by atoms with Crippen LogP contribution < -0.4 is 5.32 Å². The van der Waals surface area contributed by atoms with E-state index < -0.39 is 11.7 Å². The first-order chi connectivity index (χ1) is 11.5. The number of phenolic OH excluding ortho intramolecular Hbond substituents is 2. The Hall–Kier alpha value is -2.99. The smallest absolute Gasteiger partial charge is 0.292 e. The zero-order valence-corrected chi connectivity index (χ0v) is 13.1. The molecule has 24 heavy (non-hydrogen) atoms. The van der Waals surface area contributed by atoms with Gasteiger partial charge in [0.05, 0.1) is 5.56 Å². The first kappa shape index (κ1) is 15.9. The molecule has 6 nitrogen and oxygen atoms in total. The highest BCUT2D eigenvalue weighted by Crippen LogP contribution is 2.25. The molecule has 0 aliphatic rings. The molecule has 3 rings (SSSR count). The van der Waals surface area contributed by atoms with E-state index in [0.717, 1.165) is 0 Å². The standard InChI is InChI=1S/C17H13ClN2O4/c18-10-2-3-13-11(6-10)12(8-19-13)16(23)17(24)20-7-9-1-4-14(21)15(22)5-9/h1-6,8,19,21-22H,7H2,(H,20,24). The van der Waals surface area contributed by atoms with Crippen LogP contribution in [0.5, 0.6) is 11.5 Å². The minimum atomic E-state index is -0.775. The summed E-state index contributed by atoms with van der Waals surface area (Å²) in [6, 6.07) is 9.18. The summed E-state index contributed by atoms with van der Waals surface area (Å²) >= 11 is 5.93. The lowest BCUT2D eigenvalue weighted by atomic mass is 10.1. The van der Waals surface area contributed by atoms with Gasteiger partial charge in [-0.15, -0.1) is 0 Å². The number of rotatable bonds is 4. The molecule has 0 unspecified atom stereocenters. The molecule has 0 saturated carbocycles. The Balaban J connectivity index is 1.75. The number of fused-ring (bicyclic) bond motifs is 1. The fraction of sp³-hybridized carbons (Fsp3) is 0.0588. The number of hydrogen-bond acceptors (Lipinski definition) is 4. The number of Topliss-reactive ketones (excluding diaryl/α,β-unsaturated/α-hetero) is 1. The number of H-pyrrole nitrogens is 1. The lowest BCUT2D eigenvalue weighted by Crippen LogP contribution is -2.30. The molecule has 7 heteroatoms. The molecule has 0 atom stereocenters. The van der Waals surface area contributed by atoms with Gasteiger partial charge in [-0.2, -0.15) is 0 Å². The van der Waals surface area contributed by atoms with Crippen molar-refractivity contribution in [2.45, 2.75) is 6.54 Å². The number of nitrogens with one attached hydrogen (secondary N) is 2. The van der Waals surface area contributed by atoms with Crippen molar-refractivity contribution in [3.05, 3.63) is 58.7 Å². The van der Waals surface area contributed by atoms with Crippen LogP contribution >= 0.6 is 11.6 Å². The second-order valence-electron chi connectivity index (χ2n) is 5.23. The van der Waals surface area contributed by atoms with Gasteiger partial charge in [0.25, 0.3) is 11.7 Å². The number of aromatic amines is 1. The molecule has 2 aromatic carbocycles. The van der Waals surface area contributed by atoms with Crippen LogP contribution in [-0.2, 0) is 11.3 Å². The van der Waals surface area contributed by atoms with Gasteiger partial charge >= 0.3 is 0 Å². The van der Waals surface area contributed by atoms with Crippen LogP contribution in [0.15, 0.2) is 42.6 Å². The van der Waals surface area contributed by atoms with Gasteiger partial charge in [-0.25, -0.2) is 0 Å². The van der Waals surface area contributed by atoms with Crippen molar-refractivity contribution < 1.29 is 19.8 Å². The number of aromatic nitrogens is 1. The molecule has 3 aromatic rings. The van der Waals surface area contributed by atoms with Gasteiger partial charge in [0.2, 0.25) is 0 Å². The van der Waals surface area contributed by atoms with Crippen LogP contribution in [0, 0.1) is 0 Å². The Kier molecular flexibility index (Phi) is 4.14. The maximum Gasteiger partial charge on any atom is 0.292 e. The molecule has 0 aliphatic carbocycles. The van der Waals surface area contributed by atoms with E-state index in [1.807, 2.05) is 0 Å². The average Bonchev–Trinajstić information content (AvgIpc) is 2.97. The summed E-state index contributed by atoms with van der Waals surface area (Å²) in [6.45, 7) is 0.0432. The van der Waals surface area contributed by atoms with Crippen molar-refractivity contribution in [1.29, 1.82) is 0 Å². The van der Waals surface area contributed by atoms with Crippen molar-refractivity contribution in [2.75, 3.05) is 0 Å². The number of halogens is 1. The highest BCUT2D eigenvalue weighted by atomic mass is 35.5. The van der Waals surface area contributed by atoms with Gasteiger partial charge in [-0.05, 0) is 35.9 Å². The number of ketones is 1. The molecule has 4 N–H and O–H groups in total. The van der Waals surface area contributed by atoms with E-state index in [-0.39, 0.29) is 23.6 Å². The average molecular weight is 345 g/mol. The summed E-state index contributed by atoms with van der Waals surface area (Å²) in [7, 11) is 0. The van der Waals surface area contributed by atoms with E-state index in [9.17, 15) is 19.8 Å². The Morgan fingerprint density at radius 3 is 2.62 bits per heavy atom. The molecule has 0 radical (unpaired) electrons. The quantitative estimate of drug-likeness (QED) is 0.332. The Morgan fingerprint density at radius 1 is 1.08 bits per heavy atom. The van der Waals surface area contributed by atoms with Crippen molar-refractivity contribution in [2.24, 2.45) is 0 Å². The molecule has 0 spiro atoms. The van der Waals surface area contributed by atoms with Gasteiger partial charge in [-0.1, -0.05) is 17.7 Å². The number of carbonyl (C=O) groups is 2. The van der Waals surface area contributed by atoms with Crippen LogP contribution in [0.4, 0.5) is 0 Å². The summed E-state index contributed by atoms with van der Waals surface area (Å²) in [4.78, 5) is 27.3. The van der Waals surface area contributed by atoms with Crippen LogP contribution in [0.2, 0.25) is 5.02 Å². The normalized spacial score (nSPS) is 10.7. The number of benzene rings is 2. The van der Waals surface area contributed by atoms with Gasteiger partial charge in [0.1, 0.15) is 0 Å². The molecule has 0 aliphatic heterocycles. The summed E-state index contributed by atoms with van der Waals surface area (Å²) in [5.41, 5.74) is 1.49. The Morgan fingerprint density at radius 2 is 1.88 bits per heavy atom. The van der Waals surface area contributed by atoms with Crippen molar-refractivity contribution >= 4 is 34.2 Å². The maximum absolute atomic E-state index is 12.3. The van der Waals surface area contributed by atoms with Gasteiger partial charge in [0, 0.05) is 28.7 Å². The molecule has 122 valence electrons. The van der Waals surface area contributed by atoms with Crippen LogP contribution in [-0.4, -0.2) is 26.9 Å². The highest BCUT2D eigenvalue weighted by molar-refractivity contribution is 6.45. The summed E-state index contributed by atoms with van der Waals surface area (Å²) < 4.78 is 0. The zero-order chi connectivity index (χ0) is 17.3. The predicted octanol–water partition coefficient (Wildman–Crippen LogP) is 2.73. The highest BCUT2D eigenvalue weighted by Gasteiger charge is 2.20. The predicted molar refractivity (Wildman–Crippen MR) is 89.3 cm³/mol. The molecule has 1 amide bonds.